The Morgan fingerprint density at radius 2 is 1.90 bits per heavy atom. The van der Waals surface area contributed by atoms with E-state index in [2.05, 4.69) is 63.8 Å². The van der Waals surface area contributed by atoms with Crippen molar-refractivity contribution < 1.29 is 0 Å². The minimum atomic E-state index is 0.480. The zero-order chi connectivity index (χ0) is 19.5. The van der Waals surface area contributed by atoms with E-state index in [1.807, 2.05) is 23.1 Å². The van der Waals surface area contributed by atoms with Crippen molar-refractivity contribution in [2.45, 2.75) is 32.0 Å². The summed E-state index contributed by atoms with van der Waals surface area (Å²) in [5, 5.41) is 9.29. The molecule has 0 bridgehead atoms. The number of nitrogens with one attached hydrogen (secondary N) is 1. The molecule has 148 valence electrons. The maximum atomic E-state index is 4.85. The highest BCUT2D eigenvalue weighted by atomic mass is 32.1. The van der Waals surface area contributed by atoms with Crippen LogP contribution in [0.4, 0.5) is 5.13 Å². The third-order valence-corrected chi connectivity index (χ3v) is 6.66. The summed E-state index contributed by atoms with van der Waals surface area (Å²) in [6.07, 6.45) is 6.26. The summed E-state index contributed by atoms with van der Waals surface area (Å²) in [5.41, 5.74) is 3.78. The van der Waals surface area contributed by atoms with E-state index in [0.717, 1.165) is 36.8 Å². The van der Waals surface area contributed by atoms with Gasteiger partial charge in [-0.05, 0) is 42.2 Å². The normalized spacial score (nSPS) is 17.1. The lowest BCUT2D eigenvalue weighted by atomic mass is 10.0. The second-order valence-electron chi connectivity index (χ2n) is 7.60. The van der Waals surface area contributed by atoms with Gasteiger partial charge in [-0.25, -0.2) is 4.98 Å². The average Bonchev–Trinajstić information content (AvgIpc) is 3.43. The number of hydrogen-bond acceptors (Lipinski definition) is 5. The summed E-state index contributed by atoms with van der Waals surface area (Å²) in [7, 11) is 0. The van der Waals surface area contributed by atoms with Gasteiger partial charge in [0.05, 0.1) is 16.8 Å². The maximum absolute atomic E-state index is 4.85. The van der Waals surface area contributed by atoms with Crippen molar-refractivity contribution >= 4 is 26.7 Å². The Hall–Kier alpha value is -2.70. The molecule has 2 aromatic heterocycles. The first-order chi connectivity index (χ1) is 14.3. The average molecular weight is 404 g/mol. The minimum absolute atomic E-state index is 0.480. The quantitative estimate of drug-likeness (QED) is 0.521. The summed E-state index contributed by atoms with van der Waals surface area (Å²) < 4.78 is 3.25. The molecule has 0 spiro atoms. The molecule has 1 saturated heterocycles. The van der Waals surface area contributed by atoms with Crippen molar-refractivity contribution in [3.8, 4) is 0 Å². The number of para-hydroxylation sites is 1. The number of anilines is 1. The van der Waals surface area contributed by atoms with Gasteiger partial charge in [-0.1, -0.05) is 47.7 Å². The van der Waals surface area contributed by atoms with Crippen LogP contribution in [0.15, 0.2) is 67.0 Å². The molecule has 1 fully saturated rings. The number of nitrogens with zero attached hydrogens (tertiary/aromatic N) is 4. The monoisotopic (exact) mass is 403 g/mol. The van der Waals surface area contributed by atoms with E-state index in [-0.39, 0.29) is 0 Å². The smallest absolute Gasteiger partial charge is 0.186 e. The van der Waals surface area contributed by atoms with E-state index in [0.29, 0.717) is 6.04 Å². The Morgan fingerprint density at radius 3 is 2.76 bits per heavy atom. The van der Waals surface area contributed by atoms with Crippen LogP contribution in [0.2, 0.25) is 0 Å². The van der Waals surface area contributed by atoms with E-state index >= 15 is 0 Å². The van der Waals surface area contributed by atoms with Crippen LogP contribution in [-0.2, 0) is 13.1 Å². The topological polar surface area (TPSA) is 46.0 Å². The molecule has 0 aliphatic carbocycles. The second kappa shape index (κ2) is 8.35. The Kier molecular flexibility index (Phi) is 5.28. The Labute approximate surface area is 175 Å². The predicted molar refractivity (Wildman–Crippen MR) is 119 cm³/mol. The molecule has 1 atom stereocenters. The lowest BCUT2D eigenvalue weighted by Gasteiger charge is -2.33. The molecule has 2 aromatic carbocycles. The van der Waals surface area contributed by atoms with E-state index < -0.39 is 0 Å². The van der Waals surface area contributed by atoms with E-state index in [9.17, 15) is 0 Å². The van der Waals surface area contributed by atoms with Gasteiger partial charge >= 0.3 is 0 Å². The fourth-order valence-electron chi connectivity index (χ4n) is 4.02. The van der Waals surface area contributed by atoms with Crippen LogP contribution < -0.4 is 10.2 Å². The van der Waals surface area contributed by atoms with Crippen LogP contribution in [0.1, 0.15) is 24.0 Å². The second-order valence-corrected chi connectivity index (χ2v) is 8.61. The Morgan fingerprint density at radius 1 is 1.03 bits per heavy atom. The van der Waals surface area contributed by atoms with Crippen LogP contribution in [0.5, 0.6) is 0 Å². The van der Waals surface area contributed by atoms with Gasteiger partial charge in [-0.2, -0.15) is 5.10 Å². The number of piperidine rings is 1. The number of rotatable bonds is 6. The van der Waals surface area contributed by atoms with Crippen LogP contribution in [0, 0.1) is 0 Å². The first-order valence-electron chi connectivity index (χ1n) is 10.2. The van der Waals surface area contributed by atoms with Crippen molar-refractivity contribution in [2.75, 3.05) is 18.0 Å². The summed E-state index contributed by atoms with van der Waals surface area (Å²) in [4.78, 5) is 7.30. The minimum Gasteiger partial charge on any atom is -0.347 e. The van der Waals surface area contributed by atoms with Gasteiger partial charge in [0.2, 0.25) is 0 Å². The van der Waals surface area contributed by atoms with Gasteiger partial charge in [-0.3, -0.25) is 4.68 Å². The molecule has 6 heteroatoms. The largest absolute Gasteiger partial charge is 0.347 e. The molecule has 3 heterocycles. The number of aromatic nitrogens is 3. The highest BCUT2D eigenvalue weighted by molar-refractivity contribution is 7.22. The zero-order valence-electron chi connectivity index (χ0n) is 16.4. The van der Waals surface area contributed by atoms with Crippen molar-refractivity contribution in [3.63, 3.8) is 0 Å². The number of hydrogen-bond donors (Lipinski definition) is 1. The summed E-state index contributed by atoms with van der Waals surface area (Å²) in [5.74, 6) is 0. The molecule has 1 aliphatic heterocycles. The SMILES string of the molecule is c1ccc(Cn2cccn2)c(CNC2CCCN(c3nc4ccccc4s3)C2)c1. The molecule has 29 heavy (non-hydrogen) atoms. The van der Waals surface area contributed by atoms with Gasteiger partial charge in [0, 0.05) is 38.1 Å². The lowest BCUT2D eigenvalue weighted by Crippen LogP contribution is -2.45. The highest BCUT2D eigenvalue weighted by Crippen LogP contribution is 2.30. The van der Waals surface area contributed by atoms with Gasteiger partial charge in [0.25, 0.3) is 0 Å². The van der Waals surface area contributed by atoms with Gasteiger partial charge in [-0.15, -0.1) is 0 Å². The predicted octanol–water partition coefficient (Wildman–Crippen LogP) is 4.30. The molecular weight excluding hydrogens is 378 g/mol. The fraction of sp³-hybridized carbons (Fsp3) is 0.304. The first kappa shape index (κ1) is 18.3. The van der Waals surface area contributed by atoms with E-state index in [1.165, 1.54) is 28.7 Å². The molecule has 0 radical (unpaired) electrons. The van der Waals surface area contributed by atoms with E-state index in [4.69, 9.17) is 4.98 Å². The summed E-state index contributed by atoms with van der Waals surface area (Å²) in [6.45, 7) is 3.80. The van der Waals surface area contributed by atoms with Gasteiger partial charge in [0.1, 0.15) is 0 Å². The molecule has 0 amide bonds. The maximum Gasteiger partial charge on any atom is 0.186 e. The van der Waals surface area contributed by atoms with Crippen molar-refractivity contribution in [2.24, 2.45) is 0 Å². The van der Waals surface area contributed by atoms with Crippen LogP contribution >= 0.6 is 11.3 Å². The molecule has 1 N–H and O–H groups in total. The third-order valence-electron chi connectivity index (χ3n) is 5.57. The number of benzene rings is 2. The number of thiazole rings is 1. The number of fused-ring (bicyclic) bond motifs is 1. The molecule has 5 nitrogen and oxygen atoms in total. The molecule has 1 unspecified atom stereocenters. The molecule has 1 aliphatic rings. The first-order valence-corrected chi connectivity index (χ1v) is 11.0. The van der Waals surface area contributed by atoms with Crippen molar-refractivity contribution in [1.82, 2.24) is 20.1 Å². The van der Waals surface area contributed by atoms with Crippen LogP contribution in [0.25, 0.3) is 10.2 Å². The van der Waals surface area contributed by atoms with Crippen LogP contribution in [-0.4, -0.2) is 33.9 Å². The molecular formula is C23H25N5S. The van der Waals surface area contributed by atoms with Crippen molar-refractivity contribution in [3.05, 3.63) is 78.1 Å². The Balaban J connectivity index is 1.24. The molecule has 0 saturated carbocycles. The standard InChI is InChI=1S/C23H25N5S/c1-2-8-19(16-28-14-6-12-25-28)18(7-1)15-24-20-9-5-13-27(17-20)23-26-21-10-3-4-11-22(21)29-23/h1-4,6-8,10-12,14,20,24H,5,9,13,15-17H2. The van der Waals surface area contributed by atoms with Gasteiger partial charge < -0.3 is 10.2 Å². The Bertz CT molecular complexity index is 1040. The molecule has 5 rings (SSSR count). The summed E-state index contributed by atoms with van der Waals surface area (Å²) in [6, 6.07) is 19.5. The van der Waals surface area contributed by atoms with E-state index in [1.54, 1.807) is 11.3 Å². The van der Waals surface area contributed by atoms with Gasteiger partial charge in [0.15, 0.2) is 5.13 Å². The summed E-state index contributed by atoms with van der Waals surface area (Å²) >= 11 is 1.80. The third kappa shape index (κ3) is 4.18. The molecule has 4 aromatic rings. The highest BCUT2D eigenvalue weighted by Gasteiger charge is 2.22. The lowest BCUT2D eigenvalue weighted by molar-refractivity contribution is 0.420. The van der Waals surface area contributed by atoms with Crippen molar-refractivity contribution in [1.29, 1.82) is 0 Å². The fourth-order valence-corrected chi connectivity index (χ4v) is 5.02. The zero-order valence-corrected chi connectivity index (χ0v) is 17.2. The van der Waals surface area contributed by atoms with Crippen LogP contribution in [0.3, 0.4) is 0 Å².